The molecule has 0 aliphatic rings. The molecule has 0 saturated carbocycles. The number of hydrogen-bond donors (Lipinski definition) is 0. The molecule has 3 rings (SSSR count). The molecule has 0 atom stereocenters. The Hall–Kier alpha value is -3.54. The molecule has 0 aliphatic carbocycles. The van der Waals surface area contributed by atoms with Crippen molar-refractivity contribution in [3.05, 3.63) is 72.8 Å². The normalized spacial score (nSPS) is 11.3. The van der Waals surface area contributed by atoms with Crippen molar-refractivity contribution in [3.8, 4) is 0 Å². The van der Waals surface area contributed by atoms with Crippen LogP contribution in [0.15, 0.2) is 67.3 Å². The largest absolute Gasteiger partial charge is 0.508 e. The number of carbonyl (C=O) groups excluding carboxylic acids is 2. The van der Waals surface area contributed by atoms with E-state index in [1.807, 2.05) is 45.0 Å². The second kappa shape index (κ2) is 11.5. The summed E-state index contributed by atoms with van der Waals surface area (Å²) in [7, 11) is 0. The molecule has 6 nitrogen and oxygen atoms in total. The molecule has 0 fully saturated rings. The summed E-state index contributed by atoms with van der Waals surface area (Å²) in [5.74, 6) is 0. The van der Waals surface area contributed by atoms with E-state index in [2.05, 4.69) is 36.9 Å². The van der Waals surface area contributed by atoms with Crippen LogP contribution in [0, 0.1) is 0 Å². The highest BCUT2D eigenvalue weighted by atomic mass is 16.7. The second-order valence-corrected chi connectivity index (χ2v) is 9.06. The molecular weight excluding hydrogens is 430 g/mol. The number of fused-ring (bicyclic) bond motifs is 2. The van der Waals surface area contributed by atoms with E-state index in [9.17, 15) is 9.59 Å². The fourth-order valence-corrected chi connectivity index (χ4v) is 3.81. The standard InChI is InChI=1S/C28H33NO5/c1-5-16-29(26(30)34-28(2,3)4)17-10-18-32-27(31)33-19-15-25-23-13-8-6-11-21(23)20-22-12-7-9-14-24(22)25/h5-9,11-14,20H,1,10,15-19H2,2-4H3. The molecule has 0 heterocycles. The molecule has 0 N–H and O–H groups in total. The second-order valence-electron chi connectivity index (χ2n) is 9.06. The van der Waals surface area contributed by atoms with Crippen molar-refractivity contribution >= 4 is 33.8 Å². The van der Waals surface area contributed by atoms with Crippen LogP contribution < -0.4 is 0 Å². The highest BCUT2D eigenvalue weighted by Crippen LogP contribution is 2.28. The van der Waals surface area contributed by atoms with Crippen LogP contribution >= 0.6 is 0 Å². The number of nitrogens with zero attached hydrogens (tertiary/aromatic N) is 1. The van der Waals surface area contributed by atoms with E-state index >= 15 is 0 Å². The van der Waals surface area contributed by atoms with Gasteiger partial charge in [0.2, 0.25) is 0 Å². The molecule has 0 bridgehead atoms. The third-order valence-corrected chi connectivity index (χ3v) is 5.25. The lowest BCUT2D eigenvalue weighted by molar-refractivity contribution is 0.0246. The summed E-state index contributed by atoms with van der Waals surface area (Å²) in [5, 5.41) is 4.63. The number of hydrogen-bond acceptors (Lipinski definition) is 5. The lowest BCUT2D eigenvalue weighted by atomic mass is 9.95. The molecule has 0 aliphatic heterocycles. The lowest BCUT2D eigenvalue weighted by Gasteiger charge is -2.26. The van der Waals surface area contributed by atoms with Gasteiger partial charge in [0.15, 0.2) is 0 Å². The molecule has 1 amide bonds. The molecule has 34 heavy (non-hydrogen) atoms. The van der Waals surface area contributed by atoms with Gasteiger partial charge in [0.25, 0.3) is 0 Å². The van der Waals surface area contributed by atoms with Crippen LogP contribution in [0.1, 0.15) is 32.8 Å². The van der Waals surface area contributed by atoms with Crippen molar-refractivity contribution in [3.63, 3.8) is 0 Å². The number of amides is 1. The van der Waals surface area contributed by atoms with E-state index in [1.54, 1.807) is 6.08 Å². The summed E-state index contributed by atoms with van der Waals surface area (Å²) >= 11 is 0. The van der Waals surface area contributed by atoms with Crippen molar-refractivity contribution < 1.29 is 23.8 Å². The Labute approximate surface area is 201 Å². The van der Waals surface area contributed by atoms with Gasteiger partial charge in [-0.05, 0) is 60.4 Å². The summed E-state index contributed by atoms with van der Waals surface area (Å²) in [5.41, 5.74) is 0.575. The van der Waals surface area contributed by atoms with Crippen LogP contribution in [0.3, 0.4) is 0 Å². The predicted molar refractivity (Wildman–Crippen MR) is 135 cm³/mol. The molecule has 6 heteroatoms. The minimum atomic E-state index is -0.711. The highest BCUT2D eigenvalue weighted by molar-refractivity contribution is 6.02. The van der Waals surface area contributed by atoms with Gasteiger partial charge in [-0.25, -0.2) is 9.59 Å². The Morgan fingerprint density at radius 3 is 2.12 bits per heavy atom. The fraction of sp³-hybridized carbons (Fsp3) is 0.357. The van der Waals surface area contributed by atoms with Gasteiger partial charge in [-0.15, -0.1) is 6.58 Å². The van der Waals surface area contributed by atoms with E-state index in [-0.39, 0.29) is 13.2 Å². The van der Waals surface area contributed by atoms with Gasteiger partial charge in [-0.1, -0.05) is 54.6 Å². The molecule has 0 radical (unpaired) electrons. The molecule has 0 unspecified atom stereocenters. The van der Waals surface area contributed by atoms with Crippen LogP contribution in [0.5, 0.6) is 0 Å². The molecule has 180 valence electrons. The van der Waals surface area contributed by atoms with E-state index in [1.165, 1.54) is 4.90 Å². The van der Waals surface area contributed by atoms with Crippen LogP contribution in [-0.2, 0) is 20.6 Å². The Bertz CT molecular complexity index is 1090. The van der Waals surface area contributed by atoms with E-state index in [0.29, 0.717) is 25.9 Å². The molecule has 0 aromatic heterocycles. The van der Waals surface area contributed by atoms with Gasteiger partial charge < -0.3 is 19.1 Å². The highest BCUT2D eigenvalue weighted by Gasteiger charge is 2.21. The van der Waals surface area contributed by atoms with Crippen molar-refractivity contribution in [2.75, 3.05) is 26.3 Å². The van der Waals surface area contributed by atoms with Crippen molar-refractivity contribution in [2.24, 2.45) is 0 Å². The molecule has 3 aromatic rings. The third kappa shape index (κ3) is 6.98. The van der Waals surface area contributed by atoms with E-state index < -0.39 is 17.8 Å². The minimum Gasteiger partial charge on any atom is -0.444 e. The number of rotatable bonds is 9. The Kier molecular flexibility index (Phi) is 8.52. The van der Waals surface area contributed by atoms with Gasteiger partial charge in [0, 0.05) is 19.5 Å². The maximum atomic E-state index is 12.3. The monoisotopic (exact) mass is 463 g/mol. The summed E-state index contributed by atoms with van der Waals surface area (Å²) in [4.78, 5) is 25.9. The zero-order chi connectivity index (χ0) is 24.6. The number of benzene rings is 3. The maximum Gasteiger partial charge on any atom is 0.508 e. The van der Waals surface area contributed by atoms with Crippen molar-refractivity contribution in [1.82, 2.24) is 4.90 Å². The van der Waals surface area contributed by atoms with Gasteiger partial charge in [-0.3, -0.25) is 0 Å². The van der Waals surface area contributed by atoms with Crippen LogP contribution in [-0.4, -0.2) is 49.1 Å². The van der Waals surface area contributed by atoms with Crippen LogP contribution in [0.25, 0.3) is 21.5 Å². The lowest BCUT2D eigenvalue weighted by Crippen LogP contribution is -2.37. The zero-order valence-electron chi connectivity index (χ0n) is 20.2. The first-order valence-corrected chi connectivity index (χ1v) is 11.6. The van der Waals surface area contributed by atoms with Gasteiger partial charge in [0.1, 0.15) is 5.60 Å². The van der Waals surface area contributed by atoms with Crippen molar-refractivity contribution in [1.29, 1.82) is 0 Å². The first-order valence-electron chi connectivity index (χ1n) is 11.6. The Balaban J connectivity index is 1.49. The fourth-order valence-electron chi connectivity index (χ4n) is 3.81. The Morgan fingerprint density at radius 1 is 0.941 bits per heavy atom. The summed E-state index contributed by atoms with van der Waals surface area (Å²) in [6.45, 7) is 10.2. The topological polar surface area (TPSA) is 65.1 Å². The summed E-state index contributed by atoms with van der Waals surface area (Å²) < 4.78 is 15.9. The van der Waals surface area contributed by atoms with Gasteiger partial charge >= 0.3 is 12.2 Å². The van der Waals surface area contributed by atoms with Crippen molar-refractivity contribution in [2.45, 2.75) is 39.2 Å². The maximum absolute atomic E-state index is 12.3. The van der Waals surface area contributed by atoms with Gasteiger partial charge in [0.05, 0.1) is 13.2 Å². The Morgan fingerprint density at radius 2 is 1.53 bits per heavy atom. The van der Waals surface area contributed by atoms with Crippen LogP contribution in [0.2, 0.25) is 0 Å². The smallest absolute Gasteiger partial charge is 0.444 e. The van der Waals surface area contributed by atoms with Gasteiger partial charge in [-0.2, -0.15) is 0 Å². The average Bonchev–Trinajstić information content (AvgIpc) is 2.79. The van der Waals surface area contributed by atoms with E-state index in [4.69, 9.17) is 14.2 Å². The third-order valence-electron chi connectivity index (χ3n) is 5.25. The molecule has 0 saturated heterocycles. The van der Waals surface area contributed by atoms with E-state index in [0.717, 1.165) is 27.1 Å². The van der Waals surface area contributed by atoms with Crippen LogP contribution in [0.4, 0.5) is 9.59 Å². The predicted octanol–water partition coefficient (Wildman–Crippen LogP) is 6.50. The molecule has 3 aromatic carbocycles. The quantitative estimate of drug-likeness (QED) is 0.157. The zero-order valence-corrected chi connectivity index (χ0v) is 20.2. The first kappa shape index (κ1) is 25.1. The number of carbonyl (C=O) groups is 2. The summed E-state index contributed by atoms with van der Waals surface area (Å²) in [6.07, 6.45) is 1.56. The minimum absolute atomic E-state index is 0.145. The average molecular weight is 464 g/mol. The SMILES string of the molecule is C=CCN(CCCOC(=O)OCCc1c2ccccc2cc2ccccc12)C(=O)OC(C)(C)C. The number of ether oxygens (including phenoxy) is 3. The first-order chi connectivity index (χ1) is 16.3. The molecule has 0 spiro atoms. The molecular formula is C28H33NO5. The summed E-state index contributed by atoms with van der Waals surface area (Å²) in [6, 6.07) is 18.6.